The first kappa shape index (κ1) is 27.8. The third kappa shape index (κ3) is 7.07. The molecule has 210 valence electrons. The molecule has 1 amide bonds. The maximum atomic E-state index is 12.9. The van der Waals surface area contributed by atoms with Crippen LogP contribution in [0.4, 0.5) is 11.4 Å². The van der Waals surface area contributed by atoms with Crippen molar-refractivity contribution >= 4 is 17.3 Å². The molecule has 0 bridgehead atoms. The fraction of sp³-hybridized carbons (Fsp3) is 0.424. The molecule has 5 rings (SSSR count). The Balaban J connectivity index is 1.02. The summed E-state index contributed by atoms with van der Waals surface area (Å²) in [6.07, 6.45) is 4.68. The summed E-state index contributed by atoms with van der Waals surface area (Å²) in [4.78, 5) is 28.4. The number of nitrogens with zero attached hydrogens (tertiary/aromatic N) is 3. The normalized spacial score (nSPS) is 17.0. The number of rotatable bonds is 10. The Kier molecular flexibility index (Phi) is 9.45. The van der Waals surface area contributed by atoms with Gasteiger partial charge < -0.3 is 19.9 Å². The maximum absolute atomic E-state index is 12.9. The first-order chi connectivity index (χ1) is 19.6. The molecule has 0 aliphatic carbocycles. The first-order valence-electron chi connectivity index (χ1n) is 14.6. The van der Waals surface area contributed by atoms with Gasteiger partial charge in [-0.05, 0) is 85.6 Å². The summed E-state index contributed by atoms with van der Waals surface area (Å²) < 4.78 is 5.54. The molecule has 1 N–H and O–H groups in total. The molecule has 2 aliphatic rings. The van der Waals surface area contributed by atoms with Crippen molar-refractivity contribution in [2.75, 3.05) is 44.6 Å². The third-order valence-corrected chi connectivity index (χ3v) is 8.30. The molecular weight excluding hydrogens is 500 g/mol. The Morgan fingerprint density at radius 3 is 2.27 bits per heavy atom. The fourth-order valence-electron chi connectivity index (χ4n) is 5.94. The van der Waals surface area contributed by atoms with Crippen LogP contribution in [-0.2, 0) is 4.79 Å². The molecule has 0 radical (unpaired) electrons. The SMILES string of the molecule is CCOc1cc(NC2CCN(C(=O)CCN3CCC(c4ccc(-c5ccccc5)cc4)CC3)CC2)ccc1N=O. The molecule has 3 aromatic carbocycles. The average molecular weight is 541 g/mol. The van der Waals surface area contributed by atoms with E-state index in [1.807, 2.05) is 24.0 Å². The van der Waals surface area contributed by atoms with Crippen molar-refractivity contribution in [1.82, 2.24) is 9.80 Å². The molecule has 7 nitrogen and oxygen atoms in total. The Labute approximate surface area is 237 Å². The highest BCUT2D eigenvalue weighted by molar-refractivity contribution is 5.76. The molecule has 7 heteroatoms. The molecule has 0 aromatic heterocycles. The number of likely N-dealkylation sites (tertiary alicyclic amines) is 2. The lowest BCUT2D eigenvalue weighted by atomic mass is 9.88. The zero-order chi connectivity index (χ0) is 27.7. The van der Waals surface area contributed by atoms with Crippen LogP contribution in [0.3, 0.4) is 0 Å². The van der Waals surface area contributed by atoms with E-state index in [1.54, 1.807) is 6.07 Å². The first-order valence-corrected chi connectivity index (χ1v) is 14.6. The molecule has 40 heavy (non-hydrogen) atoms. The molecule has 3 aromatic rings. The largest absolute Gasteiger partial charge is 0.491 e. The molecule has 2 saturated heterocycles. The van der Waals surface area contributed by atoms with Gasteiger partial charge >= 0.3 is 0 Å². The van der Waals surface area contributed by atoms with Gasteiger partial charge in [-0.1, -0.05) is 54.6 Å². The minimum absolute atomic E-state index is 0.261. The highest BCUT2D eigenvalue weighted by Crippen LogP contribution is 2.32. The molecule has 2 aliphatic heterocycles. The minimum Gasteiger partial charge on any atom is -0.491 e. The summed E-state index contributed by atoms with van der Waals surface area (Å²) >= 11 is 0. The van der Waals surface area contributed by atoms with E-state index in [0.717, 1.165) is 64.1 Å². The Morgan fingerprint density at radius 1 is 0.900 bits per heavy atom. The van der Waals surface area contributed by atoms with Crippen molar-refractivity contribution < 1.29 is 9.53 Å². The van der Waals surface area contributed by atoms with Gasteiger partial charge in [-0.3, -0.25) is 4.79 Å². The number of anilines is 1. The number of hydrogen-bond acceptors (Lipinski definition) is 6. The Bertz CT molecular complexity index is 1250. The van der Waals surface area contributed by atoms with Crippen LogP contribution in [0.25, 0.3) is 11.1 Å². The molecule has 0 saturated carbocycles. The van der Waals surface area contributed by atoms with Crippen LogP contribution >= 0.6 is 0 Å². The van der Waals surface area contributed by atoms with Crippen LogP contribution in [0, 0.1) is 4.91 Å². The van der Waals surface area contributed by atoms with E-state index < -0.39 is 0 Å². The quantitative estimate of drug-likeness (QED) is 0.286. The lowest BCUT2D eigenvalue weighted by Gasteiger charge is -2.35. The zero-order valence-corrected chi connectivity index (χ0v) is 23.4. The third-order valence-electron chi connectivity index (χ3n) is 8.30. The van der Waals surface area contributed by atoms with Gasteiger partial charge in [0.2, 0.25) is 5.91 Å². The number of ether oxygens (including phenoxy) is 1. The van der Waals surface area contributed by atoms with Crippen LogP contribution < -0.4 is 10.1 Å². The molecule has 0 spiro atoms. The number of nitroso groups, excluding NO2 is 1. The summed E-state index contributed by atoms with van der Waals surface area (Å²) in [5, 5.41) is 6.57. The van der Waals surface area contributed by atoms with Crippen LogP contribution in [0.1, 0.15) is 50.5 Å². The van der Waals surface area contributed by atoms with Gasteiger partial charge in [-0.15, -0.1) is 4.91 Å². The number of carbonyl (C=O) groups excluding carboxylic acids is 1. The van der Waals surface area contributed by atoms with Crippen molar-refractivity contribution in [2.45, 2.75) is 51.0 Å². The monoisotopic (exact) mass is 540 g/mol. The molecule has 2 heterocycles. The summed E-state index contributed by atoms with van der Waals surface area (Å²) in [6.45, 7) is 6.84. The van der Waals surface area contributed by atoms with Crippen LogP contribution in [-0.4, -0.2) is 61.1 Å². The van der Waals surface area contributed by atoms with Crippen molar-refractivity contribution in [3.05, 3.63) is 83.3 Å². The molecular formula is C33H40N4O3. The number of hydrogen-bond donors (Lipinski definition) is 1. The Morgan fingerprint density at radius 2 is 1.60 bits per heavy atom. The van der Waals surface area contributed by atoms with Gasteiger partial charge in [0, 0.05) is 43.9 Å². The second-order valence-electron chi connectivity index (χ2n) is 10.9. The predicted octanol–water partition coefficient (Wildman–Crippen LogP) is 6.82. The van der Waals surface area contributed by atoms with Crippen molar-refractivity contribution in [3.8, 4) is 16.9 Å². The van der Waals surface area contributed by atoms with Gasteiger partial charge in [0.25, 0.3) is 0 Å². The molecule has 2 fully saturated rings. The topological polar surface area (TPSA) is 74.2 Å². The van der Waals surface area contributed by atoms with Crippen LogP contribution in [0.2, 0.25) is 0 Å². The fourth-order valence-corrected chi connectivity index (χ4v) is 5.94. The summed E-state index contributed by atoms with van der Waals surface area (Å²) in [7, 11) is 0. The predicted molar refractivity (Wildman–Crippen MR) is 161 cm³/mol. The second-order valence-corrected chi connectivity index (χ2v) is 10.9. The van der Waals surface area contributed by atoms with Crippen molar-refractivity contribution in [1.29, 1.82) is 0 Å². The standard InChI is InChI=1S/C33H40N4O3/c1-2-40-32-24-30(12-13-31(32)35-39)34-29-16-22-37(23-17-29)33(38)18-21-36-19-14-28(15-20-36)27-10-8-26(9-11-27)25-6-4-3-5-7-25/h3-13,24,28-29,34H,2,14-23H2,1H3. The average Bonchev–Trinajstić information content (AvgIpc) is 3.01. The highest BCUT2D eigenvalue weighted by Gasteiger charge is 2.25. The smallest absolute Gasteiger partial charge is 0.223 e. The Hall–Kier alpha value is -3.71. The highest BCUT2D eigenvalue weighted by atomic mass is 16.5. The van der Waals surface area contributed by atoms with Crippen LogP contribution in [0.15, 0.2) is 78.0 Å². The number of amides is 1. The zero-order valence-electron chi connectivity index (χ0n) is 23.4. The van der Waals surface area contributed by atoms with Gasteiger partial charge in [0.05, 0.1) is 6.61 Å². The number of piperidine rings is 2. The number of nitrogens with one attached hydrogen (secondary N) is 1. The molecule has 0 atom stereocenters. The second kappa shape index (κ2) is 13.6. The summed E-state index contributed by atoms with van der Waals surface area (Å²) in [5.41, 5.74) is 5.18. The minimum atomic E-state index is 0.261. The van der Waals surface area contributed by atoms with Crippen LogP contribution in [0.5, 0.6) is 5.75 Å². The summed E-state index contributed by atoms with van der Waals surface area (Å²) in [5.74, 6) is 1.36. The number of carbonyl (C=O) groups is 1. The van der Waals surface area contributed by atoms with Crippen molar-refractivity contribution in [3.63, 3.8) is 0 Å². The van der Waals surface area contributed by atoms with Gasteiger partial charge in [-0.25, -0.2) is 0 Å². The van der Waals surface area contributed by atoms with E-state index in [4.69, 9.17) is 4.74 Å². The van der Waals surface area contributed by atoms with Crippen molar-refractivity contribution in [2.24, 2.45) is 5.18 Å². The van der Waals surface area contributed by atoms with Gasteiger partial charge in [0.1, 0.15) is 5.69 Å². The van der Waals surface area contributed by atoms with Gasteiger partial charge in [-0.2, -0.15) is 0 Å². The van der Waals surface area contributed by atoms with E-state index in [9.17, 15) is 9.70 Å². The van der Waals surface area contributed by atoms with E-state index in [2.05, 4.69) is 70.0 Å². The number of benzene rings is 3. The van der Waals surface area contributed by atoms with E-state index in [-0.39, 0.29) is 11.9 Å². The summed E-state index contributed by atoms with van der Waals surface area (Å²) in [6, 6.07) is 25.3. The van der Waals surface area contributed by atoms with E-state index in [0.29, 0.717) is 30.4 Å². The molecule has 0 unspecified atom stereocenters. The maximum Gasteiger partial charge on any atom is 0.223 e. The lowest BCUT2D eigenvalue weighted by molar-refractivity contribution is -0.132. The van der Waals surface area contributed by atoms with Gasteiger partial charge in [0.15, 0.2) is 5.75 Å². The lowest BCUT2D eigenvalue weighted by Crippen LogP contribution is -2.43. The van der Waals surface area contributed by atoms with E-state index in [1.165, 1.54) is 16.7 Å². The van der Waals surface area contributed by atoms with E-state index >= 15 is 0 Å².